The molecule has 2 nitrogen and oxygen atoms in total. The van der Waals surface area contributed by atoms with E-state index in [2.05, 4.69) is 0 Å². The summed E-state index contributed by atoms with van der Waals surface area (Å²) in [5.41, 5.74) is 0.220. The van der Waals surface area contributed by atoms with Gasteiger partial charge in [0.2, 0.25) is 0 Å². The third-order valence-electron chi connectivity index (χ3n) is 3.25. The van der Waals surface area contributed by atoms with E-state index in [1.165, 1.54) is 48.6 Å². The van der Waals surface area contributed by atoms with E-state index >= 15 is 0 Å². The first-order valence-electron chi connectivity index (χ1n) is 6.52. The summed E-state index contributed by atoms with van der Waals surface area (Å²) >= 11 is 2.67. The van der Waals surface area contributed by atoms with Gasteiger partial charge in [0.25, 0.3) is 5.78 Å². The molecule has 0 aromatic heterocycles. The second-order valence-corrected chi connectivity index (χ2v) is 7.08. The monoisotopic (exact) mass is 354 g/mol. The van der Waals surface area contributed by atoms with Crippen LogP contribution in [0.25, 0.3) is 0 Å². The minimum Gasteiger partial charge on any atom is -0.295 e. The SMILES string of the molecule is CC(=O)c1ccc2c(c1)Sc1ccc(C(=O)C(F)(F)F)cc1S2. The van der Waals surface area contributed by atoms with E-state index < -0.39 is 12.0 Å². The van der Waals surface area contributed by atoms with Gasteiger partial charge in [0.05, 0.1) is 0 Å². The van der Waals surface area contributed by atoms with Crippen LogP contribution in [0.1, 0.15) is 27.6 Å². The molecule has 0 bridgehead atoms. The molecule has 7 heteroatoms. The molecule has 0 radical (unpaired) electrons. The van der Waals surface area contributed by atoms with Gasteiger partial charge in [-0.15, -0.1) is 0 Å². The van der Waals surface area contributed by atoms with Gasteiger partial charge in [-0.3, -0.25) is 9.59 Å². The van der Waals surface area contributed by atoms with Crippen molar-refractivity contribution in [1.82, 2.24) is 0 Å². The Bertz CT molecular complexity index is 829. The Morgan fingerprint density at radius 1 is 0.826 bits per heavy atom. The number of rotatable bonds is 2. The van der Waals surface area contributed by atoms with Crippen LogP contribution in [-0.2, 0) is 0 Å². The molecule has 0 spiro atoms. The molecule has 118 valence electrons. The van der Waals surface area contributed by atoms with E-state index in [4.69, 9.17) is 0 Å². The van der Waals surface area contributed by atoms with Gasteiger partial charge in [0.1, 0.15) is 0 Å². The van der Waals surface area contributed by atoms with Crippen molar-refractivity contribution in [2.24, 2.45) is 0 Å². The Balaban J connectivity index is 1.96. The van der Waals surface area contributed by atoms with Crippen LogP contribution in [0, 0.1) is 0 Å². The summed E-state index contributed by atoms with van der Waals surface area (Å²) in [6, 6.07) is 9.18. The van der Waals surface area contributed by atoms with Gasteiger partial charge in [-0.25, -0.2) is 0 Å². The average Bonchev–Trinajstić information content (AvgIpc) is 2.50. The molecule has 1 heterocycles. The molecule has 0 N–H and O–H groups in total. The number of carbonyl (C=O) groups excluding carboxylic acids is 2. The minimum absolute atomic E-state index is 0.0460. The largest absolute Gasteiger partial charge is 0.454 e. The fraction of sp³-hybridized carbons (Fsp3) is 0.125. The lowest BCUT2D eigenvalue weighted by molar-refractivity contribution is -0.0885. The van der Waals surface area contributed by atoms with E-state index in [1.54, 1.807) is 18.2 Å². The molecule has 2 aromatic rings. The van der Waals surface area contributed by atoms with Crippen LogP contribution < -0.4 is 0 Å². The molecule has 0 saturated carbocycles. The van der Waals surface area contributed by atoms with E-state index in [-0.39, 0.29) is 11.3 Å². The minimum atomic E-state index is -4.88. The fourth-order valence-electron chi connectivity index (χ4n) is 2.11. The number of halogens is 3. The van der Waals surface area contributed by atoms with Crippen molar-refractivity contribution in [3.8, 4) is 0 Å². The Morgan fingerprint density at radius 3 is 1.78 bits per heavy atom. The van der Waals surface area contributed by atoms with Gasteiger partial charge in [-0.05, 0) is 37.3 Å². The lowest BCUT2D eigenvalue weighted by atomic mass is 10.1. The maximum Gasteiger partial charge on any atom is 0.454 e. The molecule has 0 saturated heterocycles. The van der Waals surface area contributed by atoms with Crippen molar-refractivity contribution >= 4 is 35.1 Å². The highest BCUT2D eigenvalue weighted by molar-refractivity contribution is 8.05. The first-order valence-corrected chi connectivity index (χ1v) is 8.15. The van der Waals surface area contributed by atoms with Crippen LogP contribution in [0.15, 0.2) is 56.0 Å². The van der Waals surface area contributed by atoms with Gasteiger partial charge < -0.3 is 0 Å². The number of alkyl halides is 3. The molecule has 0 fully saturated rings. The summed E-state index contributed by atoms with van der Waals surface area (Å²) < 4.78 is 37.6. The first kappa shape index (κ1) is 16.1. The van der Waals surface area contributed by atoms with E-state index in [9.17, 15) is 22.8 Å². The number of carbonyl (C=O) groups is 2. The van der Waals surface area contributed by atoms with Crippen molar-refractivity contribution in [3.63, 3.8) is 0 Å². The molecule has 3 rings (SSSR count). The number of benzene rings is 2. The highest BCUT2D eigenvalue weighted by Crippen LogP contribution is 2.49. The smallest absolute Gasteiger partial charge is 0.295 e. The third-order valence-corrected chi connectivity index (χ3v) is 5.78. The Morgan fingerprint density at radius 2 is 1.30 bits per heavy atom. The Hall–Kier alpha value is -1.73. The average molecular weight is 354 g/mol. The normalized spacial score (nSPS) is 13.2. The van der Waals surface area contributed by atoms with Crippen molar-refractivity contribution in [2.75, 3.05) is 0 Å². The van der Waals surface area contributed by atoms with Crippen LogP contribution >= 0.6 is 23.5 Å². The molecule has 0 unspecified atom stereocenters. The van der Waals surface area contributed by atoms with Crippen molar-refractivity contribution in [2.45, 2.75) is 32.7 Å². The summed E-state index contributed by atoms with van der Waals surface area (Å²) in [5, 5.41) is 0. The highest BCUT2D eigenvalue weighted by atomic mass is 32.2. The molecule has 0 amide bonds. The van der Waals surface area contributed by atoms with Gasteiger partial charge in [0.15, 0.2) is 5.78 Å². The Labute approximate surface area is 138 Å². The lowest BCUT2D eigenvalue weighted by Crippen LogP contribution is -2.22. The number of hydrogen-bond donors (Lipinski definition) is 0. The summed E-state index contributed by atoms with van der Waals surface area (Å²) in [4.78, 5) is 25.9. The molecular weight excluding hydrogens is 345 g/mol. The molecule has 23 heavy (non-hydrogen) atoms. The topological polar surface area (TPSA) is 34.1 Å². The van der Waals surface area contributed by atoms with Gasteiger partial charge >= 0.3 is 6.18 Å². The number of hydrogen-bond acceptors (Lipinski definition) is 4. The summed E-state index contributed by atoms with van der Waals surface area (Å²) in [6.07, 6.45) is -4.88. The summed E-state index contributed by atoms with van der Waals surface area (Å²) in [6.45, 7) is 1.48. The lowest BCUT2D eigenvalue weighted by Gasteiger charge is -2.19. The van der Waals surface area contributed by atoms with Crippen molar-refractivity contribution in [3.05, 3.63) is 47.5 Å². The van der Waals surface area contributed by atoms with E-state index in [1.807, 2.05) is 0 Å². The van der Waals surface area contributed by atoms with Gasteiger partial charge in [-0.1, -0.05) is 29.6 Å². The van der Waals surface area contributed by atoms with Gasteiger partial charge in [0, 0.05) is 30.7 Å². The van der Waals surface area contributed by atoms with Crippen molar-refractivity contribution < 1.29 is 22.8 Å². The standard InChI is InChI=1S/C16H9F3O2S2/c1-8(20)9-2-4-11-13(6-9)22-12-5-3-10(7-14(12)23-11)15(21)16(17,18)19/h2-7H,1H3. The number of fused-ring (bicyclic) bond motifs is 2. The molecule has 1 aliphatic rings. The zero-order valence-corrected chi connectivity index (χ0v) is 13.4. The highest BCUT2D eigenvalue weighted by Gasteiger charge is 2.39. The number of ketones is 2. The maximum atomic E-state index is 12.5. The molecule has 0 atom stereocenters. The summed E-state index contributed by atoms with van der Waals surface area (Å²) in [5.74, 6) is -1.89. The van der Waals surface area contributed by atoms with Crippen LogP contribution in [0.3, 0.4) is 0 Å². The van der Waals surface area contributed by atoms with E-state index in [0.717, 1.165) is 14.7 Å². The molecular formula is C16H9F3O2S2. The Kier molecular flexibility index (Phi) is 4.01. The molecule has 1 aliphatic heterocycles. The zero-order chi connectivity index (χ0) is 16.8. The number of Topliss-reactive ketones (excluding diaryl/α,β-unsaturated/α-hetero) is 2. The first-order chi connectivity index (χ1) is 10.8. The predicted molar refractivity (Wildman–Crippen MR) is 81.5 cm³/mol. The van der Waals surface area contributed by atoms with Crippen LogP contribution in [-0.4, -0.2) is 17.7 Å². The summed E-state index contributed by atoms with van der Waals surface area (Å²) in [7, 11) is 0. The van der Waals surface area contributed by atoms with E-state index in [0.29, 0.717) is 10.5 Å². The quantitative estimate of drug-likeness (QED) is 0.589. The molecule has 0 aliphatic carbocycles. The van der Waals surface area contributed by atoms with Crippen LogP contribution in [0.5, 0.6) is 0 Å². The van der Waals surface area contributed by atoms with Crippen LogP contribution in [0.4, 0.5) is 13.2 Å². The molecule has 2 aromatic carbocycles. The van der Waals surface area contributed by atoms with Crippen molar-refractivity contribution in [1.29, 1.82) is 0 Å². The van der Waals surface area contributed by atoms with Crippen LogP contribution in [0.2, 0.25) is 0 Å². The second kappa shape index (κ2) is 5.72. The second-order valence-electron chi connectivity index (χ2n) is 4.91. The predicted octanol–water partition coefficient (Wildman–Crippen LogP) is 5.25. The maximum absolute atomic E-state index is 12.5. The third kappa shape index (κ3) is 3.16. The van der Waals surface area contributed by atoms with Gasteiger partial charge in [-0.2, -0.15) is 13.2 Å². The zero-order valence-electron chi connectivity index (χ0n) is 11.7. The fourth-order valence-corrected chi connectivity index (χ4v) is 4.38.